The number of hydrogen-bond acceptors (Lipinski definition) is 3. The lowest BCUT2D eigenvalue weighted by Gasteiger charge is -2.11. The summed E-state index contributed by atoms with van der Waals surface area (Å²) < 4.78 is 6.83. The minimum absolute atomic E-state index is 0.131. The summed E-state index contributed by atoms with van der Waals surface area (Å²) in [6.45, 7) is -0.131. The van der Waals surface area contributed by atoms with E-state index < -0.39 is 0 Å². The summed E-state index contributed by atoms with van der Waals surface area (Å²) in [6, 6.07) is 10.3. The van der Waals surface area contributed by atoms with Crippen molar-refractivity contribution in [3.63, 3.8) is 0 Å². The molecule has 4 nitrogen and oxygen atoms in total. The molecule has 1 amide bonds. The number of benzene rings is 2. The van der Waals surface area contributed by atoms with Gasteiger partial charge >= 0.3 is 0 Å². The monoisotopic (exact) mass is 432 g/mol. The molecule has 0 bridgehead atoms. The van der Waals surface area contributed by atoms with Gasteiger partial charge < -0.3 is 15.8 Å². The molecular weight excluding hydrogens is 423 g/mol. The van der Waals surface area contributed by atoms with Crippen LogP contribution in [0.25, 0.3) is 0 Å². The Kier molecular flexibility index (Phi) is 5.50. The topological polar surface area (TPSA) is 64.3 Å². The molecule has 21 heavy (non-hydrogen) atoms. The summed E-state index contributed by atoms with van der Waals surface area (Å²) >= 11 is 12.5. The molecule has 7 heteroatoms. The zero-order valence-corrected chi connectivity index (χ0v) is 14.6. The van der Waals surface area contributed by atoms with Crippen molar-refractivity contribution in [2.24, 2.45) is 0 Å². The molecule has 0 saturated heterocycles. The number of amides is 1. The van der Waals surface area contributed by atoms with Gasteiger partial charge in [-0.2, -0.15) is 0 Å². The lowest BCUT2D eigenvalue weighted by Crippen LogP contribution is -2.20. The Morgan fingerprint density at radius 1 is 1.24 bits per heavy atom. The molecule has 0 aromatic heterocycles. The van der Waals surface area contributed by atoms with Crippen molar-refractivity contribution in [1.82, 2.24) is 0 Å². The van der Waals surface area contributed by atoms with Crippen molar-refractivity contribution in [3.05, 3.63) is 50.4 Å². The SMILES string of the molecule is Nc1cc(Br)c(OCC(=O)Nc2cccc(Cl)c2)c(Br)c1. The van der Waals surface area contributed by atoms with E-state index in [9.17, 15) is 4.79 Å². The van der Waals surface area contributed by atoms with Crippen molar-refractivity contribution in [2.75, 3.05) is 17.7 Å². The van der Waals surface area contributed by atoms with Crippen LogP contribution in [0.3, 0.4) is 0 Å². The van der Waals surface area contributed by atoms with Gasteiger partial charge in [-0.05, 0) is 62.2 Å². The molecular formula is C14H11Br2ClN2O2. The number of nitrogens with two attached hydrogens (primary N) is 1. The molecule has 0 aliphatic heterocycles. The maximum Gasteiger partial charge on any atom is 0.262 e. The highest BCUT2D eigenvalue weighted by Crippen LogP contribution is 2.35. The van der Waals surface area contributed by atoms with Gasteiger partial charge in [-0.15, -0.1) is 0 Å². The standard InChI is InChI=1S/C14H11Br2ClN2O2/c15-11-5-9(18)6-12(16)14(11)21-7-13(20)19-10-3-1-2-8(17)4-10/h1-6H,7,18H2,(H,19,20). The molecule has 0 aliphatic carbocycles. The molecule has 3 N–H and O–H groups in total. The Bertz CT molecular complexity index is 657. The number of halogens is 3. The fourth-order valence-electron chi connectivity index (χ4n) is 1.62. The fraction of sp³-hybridized carbons (Fsp3) is 0.0714. The molecule has 2 aromatic rings. The highest BCUT2D eigenvalue weighted by Gasteiger charge is 2.10. The molecule has 0 spiro atoms. The number of hydrogen-bond donors (Lipinski definition) is 2. The van der Waals surface area contributed by atoms with E-state index in [0.29, 0.717) is 31.1 Å². The molecule has 2 rings (SSSR count). The molecule has 0 radical (unpaired) electrons. The van der Waals surface area contributed by atoms with E-state index in [4.69, 9.17) is 22.1 Å². The number of nitrogens with one attached hydrogen (secondary N) is 1. The van der Waals surface area contributed by atoms with Crippen molar-refractivity contribution >= 4 is 60.7 Å². The number of nitrogen functional groups attached to an aromatic ring is 1. The fourth-order valence-corrected chi connectivity index (χ4v) is 3.26. The second kappa shape index (κ2) is 7.15. The number of carbonyl (C=O) groups excluding carboxylic acids is 1. The lowest BCUT2D eigenvalue weighted by atomic mass is 10.3. The molecule has 0 aliphatic rings. The minimum atomic E-state index is -0.284. The van der Waals surface area contributed by atoms with Crippen molar-refractivity contribution in [3.8, 4) is 5.75 Å². The number of ether oxygens (including phenoxy) is 1. The van der Waals surface area contributed by atoms with E-state index in [1.807, 2.05) is 0 Å². The van der Waals surface area contributed by atoms with Gasteiger partial charge in [0.05, 0.1) is 8.95 Å². The summed E-state index contributed by atoms with van der Waals surface area (Å²) in [5, 5.41) is 3.25. The maximum absolute atomic E-state index is 11.9. The predicted molar refractivity (Wildman–Crippen MR) is 91.8 cm³/mol. The summed E-state index contributed by atoms with van der Waals surface area (Å²) in [4.78, 5) is 11.9. The Morgan fingerprint density at radius 3 is 2.52 bits per heavy atom. The highest BCUT2D eigenvalue weighted by molar-refractivity contribution is 9.11. The van der Waals surface area contributed by atoms with Gasteiger partial charge in [-0.25, -0.2) is 0 Å². The quantitative estimate of drug-likeness (QED) is 0.698. The lowest BCUT2D eigenvalue weighted by molar-refractivity contribution is -0.118. The highest BCUT2D eigenvalue weighted by atomic mass is 79.9. The first-order valence-corrected chi connectivity index (χ1v) is 7.85. The third kappa shape index (κ3) is 4.62. The summed E-state index contributed by atoms with van der Waals surface area (Å²) in [5.41, 5.74) is 6.90. The first-order chi connectivity index (χ1) is 9.95. The van der Waals surface area contributed by atoms with Crippen LogP contribution in [0, 0.1) is 0 Å². The molecule has 110 valence electrons. The molecule has 2 aromatic carbocycles. The Labute approximate surface area is 143 Å². The van der Waals surface area contributed by atoms with Crippen LogP contribution in [0.2, 0.25) is 5.02 Å². The normalized spacial score (nSPS) is 10.2. The van der Waals surface area contributed by atoms with Crippen LogP contribution in [0.15, 0.2) is 45.3 Å². The Morgan fingerprint density at radius 2 is 1.90 bits per heavy atom. The maximum atomic E-state index is 11.9. The third-order valence-electron chi connectivity index (χ3n) is 2.48. The van der Waals surface area contributed by atoms with Gasteiger partial charge in [-0.1, -0.05) is 17.7 Å². The van der Waals surface area contributed by atoms with Gasteiger partial charge in [0.1, 0.15) is 5.75 Å². The van der Waals surface area contributed by atoms with Crippen molar-refractivity contribution in [2.45, 2.75) is 0 Å². The number of carbonyl (C=O) groups is 1. The second-order valence-electron chi connectivity index (χ2n) is 4.16. The average molecular weight is 435 g/mol. The summed E-state index contributed by atoms with van der Waals surface area (Å²) in [6.07, 6.45) is 0. The number of anilines is 2. The van der Waals surface area contributed by atoms with Crippen LogP contribution in [-0.2, 0) is 4.79 Å². The van der Waals surface area contributed by atoms with Crippen molar-refractivity contribution in [1.29, 1.82) is 0 Å². The predicted octanol–water partition coefficient (Wildman–Crippen LogP) is 4.46. The van der Waals surface area contributed by atoms with Gasteiger partial charge in [0.25, 0.3) is 5.91 Å². The number of rotatable bonds is 4. The zero-order chi connectivity index (χ0) is 15.4. The Balaban J connectivity index is 1.99. The molecule has 0 heterocycles. The first kappa shape index (κ1) is 16.1. The molecule has 0 unspecified atom stereocenters. The van der Waals surface area contributed by atoms with Crippen LogP contribution in [0.4, 0.5) is 11.4 Å². The van der Waals surface area contributed by atoms with Gasteiger partial charge in [-0.3, -0.25) is 4.79 Å². The molecule has 0 saturated carbocycles. The van der Waals surface area contributed by atoms with Crippen LogP contribution in [0.5, 0.6) is 5.75 Å². The first-order valence-electron chi connectivity index (χ1n) is 5.88. The van der Waals surface area contributed by atoms with Crippen LogP contribution < -0.4 is 15.8 Å². The second-order valence-corrected chi connectivity index (χ2v) is 6.31. The van der Waals surface area contributed by atoms with E-state index >= 15 is 0 Å². The van der Waals surface area contributed by atoms with E-state index in [-0.39, 0.29) is 12.5 Å². The average Bonchev–Trinajstić information content (AvgIpc) is 2.37. The minimum Gasteiger partial charge on any atom is -0.481 e. The largest absolute Gasteiger partial charge is 0.481 e. The third-order valence-corrected chi connectivity index (χ3v) is 3.89. The zero-order valence-electron chi connectivity index (χ0n) is 10.7. The Hall–Kier alpha value is -1.24. The summed E-state index contributed by atoms with van der Waals surface area (Å²) in [5.74, 6) is 0.235. The van der Waals surface area contributed by atoms with Crippen LogP contribution in [-0.4, -0.2) is 12.5 Å². The van der Waals surface area contributed by atoms with Crippen LogP contribution >= 0.6 is 43.5 Å². The smallest absolute Gasteiger partial charge is 0.262 e. The van der Waals surface area contributed by atoms with Gasteiger partial charge in [0.15, 0.2) is 6.61 Å². The van der Waals surface area contributed by atoms with E-state index in [1.54, 1.807) is 36.4 Å². The van der Waals surface area contributed by atoms with E-state index in [0.717, 1.165) is 0 Å². The molecule has 0 fully saturated rings. The van der Waals surface area contributed by atoms with E-state index in [2.05, 4.69) is 37.2 Å². The van der Waals surface area contributed by atoms with Crippen LogP contribution in [0.1, 0.15) is 0 Å². The van der Waals surface area contributed by atoms with Crippen molar-refractivity contribution < 1.29 is 9.53 Å². The summed E-state index contributed by atoms with van der Waals surface area (Å²) in [7, 11) is 0. The van der Waals surface area contributed by atoms with Gasteiger partial charge in [0, 0.05) is 16.4 Å². The van der Waals surface area contributed by atoms with Gasteiger partial charge in [0.2, 0.25) is 0 Å². The van der Waals surface area contributed by atoms with E-state index in [1.165, 1.54) is 0 Å². The molecule has 0 atom stereocenters.